The second kappa shape index (κ2) is 7.38. The van der Waals surface area contributed by atoms with Crippen LogP contribution in [0, 0.1) is 11.8 Å². The van der Waals surface area contributed by atoms with Crippen molar-refractivity contribution < 1.29 is 0 Å². The summed E-state index contributed by atoms with van der Waals surface area (Å²) in [6, 6.07) is 1.56. The first-order valence-electron chi connectivity index (χ1n) is 7.55. The molecule has 1 aliphatic carbocycles. The summed E-state index contributed by atoms with van der Waals surface area (Å²) in [5.41, 5.74) is 0. The molecule has 0 radical (unpaired) electrons. The van der Waals surface area contributed by atoms with Crippen LogP contribution in [0.15, 0.2) is 0 Å². The molecule has 2 unspecified atom stereocenters. The monoisotopic (exact) mass is 240 g/mol. The Morgan fingerprint density at radius 2 is 1.76 bits per heavy atom. The summed E-state index contributed by atoms with van der Waals surface area (Å²) in [7, 11) is 0. The predicted octanol–water partition coefficient (Wildman–Crippen LogP) is 3.13. The van der Waals surface area contributed by atoms with E-state index in [-0.39, 0.29) is 0 Å². The Bertz CT molecular complexity index is 199. The maximum atomic E-state index is 3.68. The quantitative estimate of drug-likeness (QED) is 0.666. The molecule has 0 bridgehead atoms. The van der Waals surface area contributed by atoms with Crippen LogP contribution in [0.5, 0.6) is 0 Å². The Morgan fingerprint density at radius 1 is 1.12 bits per heavy atom. The zero-order valence-electron chi connectivity index (χ0n) is 12.5. The maximum absolute atomic E-state index is 3.68. The van der Waals surface area contributed by atoms with E-state index in [2.05, 4.69) is 44.8 Å². The van der Waals surface area contributed by atoms with Gasteiger partial charge in [-0.25, -0.2) is 0 Å². The van der Waals surface area contributed by atoms with Crippen LogP contribution in [-0.4, -0.2) is 36.6 Å². The molecule has 102 valence electrons. The first-order valence-corrected chi connectivity index (χ1v) is 7.55. The van der Waals surface area contributed by atoms with E-state index < -0.39 is 0 Å². The molecule has 1 aliphatic rings. The van der Waals surface area contributed by atoms with Gasteiger partial charge in [0.2, 0.25) is 0 Å². The van der Waals surface area contributed by atoms with Gasteiger partial charge in [-0.3, -0.25) is 4.90 Å². The van der Waals surface area contributed by atoms with Crippen molar-refractivity contribution in [3.05, 3.63) is 0 Å². The number of nitrogens with zero attached hydrogens (tertiary/aromatic N) is 1. The van der Waals surface area contributed by atoms with Crippen LogP contribution >= 0.6 is 0 Å². The Balaban J connectivity index is 2.48. The predicted molar refractivity (Wildman–Crippen MR) is 76.4 cm³/mol. The normalized spacial score (nSPS) is 19.9. The number of nitrogens with one attached hydrogen (secondary N) is 1. The van der Waals surface area contributed by atoms with Crippen molar-refractivity contribution in [3.63, 3.8) is 0 Å². The highest BCUT2D eigenvalue weighted by Crippen LogP contribution is 2.28. The summed E-state index contributed by atoms with van der Waals surface area (Å²) in [5.74, 6) is 1.57. The van der Waals surface area contributed by atoms with Gasteiger partial charge in [-0.2, -0.15) is 0 Å². The van der Waals surface area contributed by atoms with Crippen LogP contribution in [0.4, 0.5) is 0 Å². The summed E-state index contributed by atoms with van der Waals surface area (Å²) in [4.78, 5) is 2.73. The topological polar surface area (TPSA) is 15.3 Å². The van der Waals surface area contributed by atoms with Crippen molar-refractivity contribution in [1.82, 2.24) is 10.2 Å². The molecule has 0 aromatic heterocycles. The molecular weight excluding hydrogens is 208 g/mol. The van der Waals surface area contributed by atoms with Gasteiger partial charge in [-0.1, -0.05) is 41.0 Å². The Kier molecular flexibility index (Phi) is 6.50. The van der Waals surface area contributed by atoms with Gasteiger partial charge in [0.1, 0.15) is 0 Å². The third-order valence-corrected chi connectivity index (χ3v) is 3.89. The van der Waals surface area contributed by atoms with Gasteiger partial charge >= 0.3 is 0 Å². The first kappa shape index (κ1) is 15.0. The standard InChI is InChI=1S/C15H32N2/c1-6-13(5)15(16-7-2)11-17(10-12(3)4)14-8-9-14/h12-16H,6-11H2,1-5H3. The van der Waals surface area contributed by atoms with Crippen molar-refractivity contribution in [2.45, 2.75) is 66.0 Å². The molecule has 0 aromatic rings. The van der Waals surface area contributed by atoms with E-state index in [1.54, 1.807) is 0 Å². The number of hydrogen-bond acceptors (Lipinski definition) is 2. The lowest BCUT2D eigenvalue weighted by Gasteiger charge is -2.32. The molecule has 0 saturated heterocycles. The summed E-state index contributed by atoms with van der Waals surface area (Å²) < 4.78 is 0. The minimum atomic E-state index is 0.671. The van der Waals surface area contributed by atoms with E-state index in [4.69, 9.17) is 0 Å². The molecule has 0 aromatic carbocycles. The summed E-state index contributed by atoms with van der Waals surface area (Å²) in [6.45, 7) is 15.2. The van der Waals surface area contributed by atoms with Gasteiger partial charge in [-0.15, -0.1) is 0 Å². The van der Waals surface area contributed by atoms with E-state index >= 15 is 0 Å². The fourth-order valence-corrected chi connectivity index (χ4v) is 2.53. The molecule has 0 heterocycles. The second-order valence-electron chi connectivity index (χ2n) is 6.13. The number of rotatable bonds is 9. The third-order valence-electron chi connectivity index (χ3n) is 3.89. The fraction of sp³-hybridized carbons (Fsp3) is 1.00. The van der Waals surface area contributed by atoms with E-state index in [0.717, 1.165) is 24.4 Å². The molecule has 17 heavy (non-hydrogen) atoms. The van der Waals surface area contributed by atoms with Crippen LogP contribution in [0.3, 0.4) is 0 Å². The van der Waals surface area contributed by atoms with Gasteiger partial charge in [0.15, 0.2) is 0 Å². The van der Waals surface area contributed by atoms with Crippen LogP contribution < -0.4 is 5.32 Å². The van der Waals surface area contributed by atoms with Crippen LogP contribution in [0.25, 0.3) is 0 Å². The average molecular weight is 240 g/mol. The molecule has 1 saturated carbocycles. The van der Waals surface area contributed by atoms with Gasteiger partial charge in [0.05, 0.1) is 0 Å². The maximum Gasteiger partial charge on any atom is 0.0220 e. The van der Waals surface area contributed by atoms with Crippen molar-refractivity contribution >= 4 is 0 Å². The third kappa shape index (κ3) is 5.39. The Labute approximate surface area is 108 Å². The van der Waals surface area contributed by atoms with Crippen LogP contribution in [-0.2, 0) is 0 Å². The minimum absolute atomic E-state index is 0.671. The summed E-state index contributed by atoms with van der Waals surface area (Å²) in [6.07, 6.45) is 4.12. The highest BCUT2D eigenvalue weighted by molar-refractivity contribution is 4.88. The van der Waals surface area contributed by atoms with E-state index in [9.17, 15) is 0 Å². The van der Waals surface area contributed by atoms with Gasteiger partial charge in [0.25, 0.3) is 0 Å². The van der Waals surface area contributed by atoms with E-state index in [1.165, 1.54) is 32.4 Å². The van der Waals surface area contributed by atoms with E-state index in [0.29, 0.717) is 6.04 Å². The van der Waals surface area contributed by atoms with Gasteiger partial charge in [0, 0.05) is 25.2 Å². The molecule has 1 fully saturated rings. The van der Waals surface area contributed by atoms with Gasteiger partial charge in [-0.05, 0) is 31.2 Å². The zero-order chi connectivity index (χ0) is 12.8. The molecule has 0 aliphatic heterocycles. The second-order valence-corrected chi connectivity index (χ2v) is 6.13. The minimum Gasteiger partial charge on any atom is -0.313 e. The molecule has 2 nitrogen and oxygen atoms in total. The molecule has 0 spiro atoms. The Morgan fingerprint density at radius 3 is 2.18 bits per heavy atom. The van der Waals surface area contributed by atoms with Crippen molar-refractivity contribution in [2.24, 2.45) is 11.8 Å². The molecular formula is C15H32N2. The van der Waals surface area contributed by atoms with Crippen molar-refractivity contribution in [3.8, 4) is 0 Å². The number of hydrogen-bond donors (Lipinski definition) is 1. The molecule has 1 N–H and O–H groups in total. The zero-order valence-corrected chi connectivity index (χ0v) is 12.5. The van der Waals surface area contributed by atoms with Crippen LogP contribution in [0.2, 0.25) is 0 Å². The van der Waals surface area contributed by atoms with Crippen molar-refractivity contribution in [2.75, 3.05) is 19.6 Å². The molecule has 1 rings (SSSR count). The SMILES string of the molecule is CCNC(CN(CC(C)C)C1CC1)C(C)CC. The summed E-state index contributed by atoms with van der Waals surface area (Å²) in [5, 5.41) is 3.68. The van der Waals surface area contributed by atoms with Gasteiger partial charge < -0.3 is 5.32 Å². The fourth-order valence-electron chi connectivity index (χ4n) is 2.53. The van der Waals surface area contributed by atoms with Crippen molar-refractivity contribution in [1.29, 1.82) is 0 Å². The number of likely N-dealkylation sites (N-methyl/N-ethyl adjacent to an activating group) is 1. The smallest absolute Gasteiger partial charge is 0.0220 e. The first-order chi connectivity index (χ1) is 8.08. The largest absolute Gasteiger partial charge is 0.313 e. The lowest BCUT2D eigenvalue weighted by Crippen LogP contribution is -2.46. The molecule has 0 amide bonds. The molecule has 2 atom stereocenters. The highest BCUT2D eigenvalue weighted by atomic mass is 15.2. The Hall–Kier alpha value is -0.0800. The average Bonchev–Trinajstić information content (AvgIpc) is 3.09. The summed E-state index contributed by atoms with van der Waals surface area (Å²) >= 11 is 0. The molecule has 2 heteroatoms. The lowest BCUT2D eigenvalue weighted by atomic mass is 9.98. The van der Waals surface area contributed by atoms with E-state index in [1.807, 2.05) is 0 Å². The lowest BCUT2D eigenvalue weighted by molar-refractivity contribution is 0.186. The van der Waals surface area contributed by atoms with Crippen LogP contribution in [0.1, 0.15) is 53.9 Å². The highest BCUT2D eigenvalue weighted by Gasteiger charge is 2.31.